The number of urea groups is 2. The van der Waals surface area contributed by atoms with Crippen LogP contribution >= 0.6 is 0 Å². The van der Waals surface area contributed by atoms with Crippen LogP contribution in [0, 0.1) is 23.7 Å². The van der Waals surface area contributed by atoms with Gasteiger partial charge in [0.25, 0.3) is 0 Å². The van der Waals surface area contributed by atoms with Crippen LogP contribution in [-0.2, 0) is 27.5 Å². The van der Waals surface area contributed by atoms with Gasteiger partial charge < -0.3 is 41.4 Å². The summed E-state index contributed by atoms with van der Waals surface area (Å²) < 4.78 is 10.2. The standard InChI is InChI=1S/C85H164N6O4.C9H10O2/c1-6-10-14-18-22-34-49-63-79(67-53-38-26-30-42-57-71-86-5)80(64-50-35-23-19-15-11-7-2)68-54-39-27-31-43-58-72-87-83(92)89-75-76-90-84(93)88-73-59-44-32-28-40-55-69-81(65-51-36-24-20-16-12-8-3)82(66-52-37-25-21-17-13-9-4)70-56-41-29-33-45-60-74-91-85(94)95-77-78-61-47-46-48-62-78;1-8(10)11-7-9-5-3-2-4-6-9/h46-48,61-62,79-82,86H,6-45,49-60,63-77H2,1-5H3,(H,91,94)(H2,87,89,92)(H2,88,90,93);2-6H,7H2,1H3. The third-order valence-corrected chi connectivity index (χ3v) is 22.3. The summed E-state index contributed by atoms with van der Waals surface area (Å²) in [7, 11) is 2.08. The number of benzene rings is 2. The second-order valence-corrected chi connectivity index (χ2v) is 32.0. The molecular formula is C94H174N6O6. The monoisotopic (exact) mass is 1480 g/mol. The zero-order valence-electron chi connectivity index (χ0n) is 70.6. The minimum atomic E-state index is -0.316. The number of unbranched alkanes of at least 4 members (excludes halogenated alkanes) is 44. The van der Waals surface area contributed by atoms with Crippen molar-refractivity contribution in [2.24, 2.45) is 23.7 Å². The summed E-state index contributed by atoms with van der Waals surface area (Å²) in [6, 6.07) is 19.2. The maximum atomic E-state index is 12.6. The number of amides is 5. The summed E-state index contributed by atoms with van der Waals surface area (Å²) in [5.41, 5.74) is 2.03. The molecule has 0 aliphatic carbocycles. The summed E-state index contributed by atoms with van der Waals surface area (Å²) in [4.78, 5) is 47.7. The van der Waals surface area contributed by atoms with Gasteiger partial charge in [0.1, 0.15) is 13.2 Å². The largest absolute Gasteiger partial charge is 0.461 e. The smallest absolute Gasteiger partial charge is 0.407 e. The lowest BCUT2D eigenvalue weighted by Crippen LogP contribution is -2.43. The molecule has 0 aliphatic heterocycles. The van der Waals surface area contributed by atoms with Crippen LogP contribution in [0.5, 0.6) is 0 Å². The zero-order valence-corrected chi connectivity index (χ0v) is 70.6. The van der Waals surface area contributed by atoms with Crippen molar-refractivity contribution in [3.8, 4) is 0 Å². The van der Waals surface area contributed by atoms with E-state index in [0.717, 1.165) is 73.4 Å². The second-order valence-electron chi connectivity index (χ2n) is 32.0. The fraction of sp³-hybridized carbons (Fsp3) is 0.830. The van der Waals surface area contributed by atoms with Crippen molar-refractivity contribution in [1.82, 2.24) is 31.9 Å². The maximum Gasteiger partial charge on any atom is 0.407 e. The highest BCUT2D eigenvalue weighted by Gasteiger charge is 2.23. The molecular weight excluding hydrogens is 1310 g/mol. The molecule has 0 saturated carbocycles. The Hall–Kier alpha value is -4.32. The van der Waals surface area contributed by atoms with Crippen LogP contribution in [0.1, 0.15) is 431 Å². The van der Waals surface area contributed by atoms with Gasteiger partial charge >= 0.3 is 24.1 Å². The van der Waals surface area contributed by atoms with Crippen molar-refractivity contribution in [1.29, 1.82) is 0 Å². The molecule has 2 rings (SSSR count). The Morgan fingerprint density at radius 2 is 0.481 bits per heavy atom. The lowest BCUT2D eigenvalue weighted by atomic mass is 9.78. The van der Waals surface area contributed by atoms with Crippen LogP contribution in [0.4, 0.5) is 14.4 Å². The van der Waals surface area contributed by atoms with Gasteiger partial charge in [0, 0.05) is 39.6 Å². The average molecular weight is 1480 g/mol. The molecule has 0 bridgehead atoms. The SMILES string of the molecule is CC(=O)OCc1ccccc1.CCCCCCCCCC(CCCCCCCCNC)C(CCCCCCCCC)CCCCCCCCNC(=O)NCCNC(=O)NCCCCCCCCC(CCCCCCCCC)C(CCCCCCCCC)CCCCCCCCNC(=O)OCc1ccccc1. The molecule has 616 valence electrons. The van der Waals surface area contributed by atoms with Crippen LogP contribution in [-0.4, -0.2) is 70.4 Å². The van der Waals surface area contributed by atoms with Crippen molar-refractivity contribution >= 4 is 24.1 Å². The lowest BCUT2D eigenvalue weighted by molar-refractivity contribution is -0.142. The van der Waals surface area contributed by atoms with E-state index in [0.29, 0.717) is 45.9 Å². The molecule has 4 atom stereocenters. The quantitative estimate of drug-likeness (QED) is 0.0284. The van der Waals surface area contributed by atoms with E-state index in [1.807, 2.05) is 60.7 Å². The molecule has 12 nitrogen and oxygen atoms in total. The van der Waals surface area contributed by atoms with Crippen LogP contribution in [0.2, 0.25) is 0 Å². The van der Waals surface area contributed by atoms with Gasteiger partial charge in [-0.25, -0.2) is 14.4 Å². The van der Waals surface area contributed by atoms with Gasteiger partial charge in [-0.2, -0.15) is 0 Å². The molecule has 0 aromatic heterocycles. The summed E-state index contributed by atoms with van der Waals surface area (Å²) in [6.45, 7) is 15.5. The predicted octanol–water partition coefficient (Wildman–Crippen LogP) is 27.4. The number of alkyl carbamates (subject to hydrolysis) is 1. The zero-order chi connectivity index (χ0) is 76.6. The van der Waals surface area contributed by atoms with Gasteiger partial charge in [-0.15, -0.1) is 0 Å². The summed E-state index contributed by atoms with van der Waals surface area (Å²) in [5.74, 6) is 3.33. The Morgan fingerprint density at radius 1 is 0.264 bits per heavy atom. The number of hydrogen-bond donors (Lipinski definition) is 6. The van der Waals surface area contributed by atoms with E-state index in [9.17, 15) is 19.2 Å². The number of hydrogen-bond acceptors (Lipinski definition) is 7. The fourth-order valence-electron chi connectivity index (χ4n) is 15.7. The number of nitrogens with one attached hydrogen (secondary N) is 6. The van der Waals surface area contributed by atoms with Crippen LogP contribution in [0.25, 0.3) is 0 Å². The van der Waals surface area contributed by atoms with Crippen LogP contribution in [0.3, 0.4) is 0 Å². The Labute approximate surface area is 656 Å². The lowest BCUT2D eigenvalue weighted by Gasteiger charge is -2.28. The molecule has 6 N–H and O–H groups in total. The van der Waals surface area contributed by atoms with Gasteiger partial charge in [0.2, 0.25) is 0 Å². The first-order chi connectivity index (χ1) is 52.2. The first kappa shape index (κ1) is 99.7. The van der Waals surface area contributed by atoms with Gasteiger partial charge in [0.05, 0.1) is 0 Å². The molecule has 0 spiro atoms. The van der Waals surface area contributed by atoms with Crippen LogP contribution < -0.4 is 31.9 Å². The first-order valence-corrected chi connectivity index (χ1v) is 46.0. The van der Waals surface area contributed by atoms with E-state index >= 15 is 0 Å². The third kappa shape index (κ3) is 68.9. The molecule has 2 aromatic rings. The molecule has 2 aromatic carbocycles. The van der Waals surface area contributed by atoms with E-state index in [-0.39, 0.29) is 24.1 Å². The number of ether oxygens (including phenoxy) is 2. The van der Waals surface area contributed by atoms with Crippen molar-refractivity contribution in [2.45, 2.75) is 433 Å². The highest BCUT2D eigenvalue weighted by molar-refractivity contribution is 5.75. The number of carbonyl (C=O) groups is 4. The molecule has 12 heteroatoms. The van der Waals surface area contributed by atoms with E-state index < -0.39 is 0 Å². The molecule has 4 unspecified atom stereocenters. The van der Waals surface area contributed by atoms with Crippen molar-refractivity contribution < 1.29 is 28.7 Å². The minimum Gasteiger partial charge on any atom is -0.461 e. The Bertz CT molecular complexity index is 2150. The second kappa shape index (κ2) is 80.2. The van der Waals surface area contributed by atoms with Gasteiger partial charge in [-0.1, -0.05) is 448 Å². The maximum absolute atomic E-state index is 12.6. The summed E-state index contributed by atoms with van der Waals surface area (Å²) in [5, 5.41) is 18.2. The molecule has 0 radical (unpaired) electrons. The average Bonchev–Trinajstić information content (AvgIpc) is 0.935. The van der Waals surface area contributed by atoms with Crippen molar-refractivity contribution in [3.63, 3.8) is 0 Å². The van der Waals surface area contributed by atoms with Gasteiger partial charge in [0.15, 0.2) is 0 Å². The topological polar surface area (TPSA) is 159 Å². The Kier molecular flexibility index (Phi) is 75.4. The highest BCUT2D eigenvalue weighted by atomic mass is 16.5. The number of carbonyl (C=O) groups excluding carboxylic acids is 4. The van der Waals surface area contributed by atoms with E-state index in [2.05, 4.69) is 66.6 Å². The predicted molar refractivity (Wildman–Crippen MR) is 457 cm³/mol. The van der Waals surface area contributed by atoms with Gasteiger partial charge in [-0.3, -0.25) is 4.79 Å². The van der Waals surface area contributed by atoms with E-state index in [4.69, 9.17) is 9.47 Å². The van der Waals surface area contributed by atoms with Crippen LogP contribution in [0.15, 0.2) is 60.7 Å². The summed E-state index contributed by atoms with van der Waals surface area (Å²) in [6.07, 6.45) is 81.1. The molecule has 0 aliphatic rings. The van der Waals surface area contributed by atoms with E-state index in [1.165, 1.54) is 360 Å². The van der Waals surface area contributed by atoms with Crippen molar-refractivity contribution in [2.75, 3.05) is 46.3 Å². The minimum absolute atomic E-state index is 0.136. The normalized spacial score (nSPS) is 12.4. The van der Waals surface area contributed by atoms with E-state index in [1.54, 1.807) is 0 Å². The molecule has 5 amide bonds. The Balaban J connectivity index is 0.00000464. The first-order valence-electron chi connectivity index (χ1n) is 46.0. The highest BCUT2D eigenvalue weighted by Crippen LogP contribution is 2.36. The Morgan fingerprint density at radius 3 is 0.736 bits per heavy atom. The number of rotatable bonds is 77. The van der Waals surface area contributed by atoms with Crippen molar-refractivity contribution in [3.05, 3.63) is 71.8 Å². The third-order valence-electron chi connectivity index (χ3n) is 22.3. The fourth-order valence-corrected chi connectivity index (χ4v) is 15.7. The molecule has 0 saturated heterocycles. The summed E-state index contributed by atoms with van der Waals surface area (Å²) >= 11 is 0. The van der Waals surface area contributed by atoms with Gasteiger partial charge in [-0.05, 0) is 74.1 Å². The molecule has 0 fully saturated rings. The number of esters is 1. The molecule has 106 heavy (non-hydrogen) atoms. The molecule has 0 heterocycles.